The number of anilines is 1. The van der Waals surface area contributed by atoms with Gasteiger partial charge in [0.2, 0.25) is 0 Å². The number of amides is 1. The number of rotatable bonds is 12. The van der Waals surface area contributed by atoms with Crippen LogP contribution in [0.2, 0.25) is 0 Å². The van der Waals surface area contributed by atoms with Gasteiger partial charge in [-0.1, -0.05) is 6.07 Å². The summed E-state index contributed by atoms with van der Waals surface area (Å²) in [7, 11) is 2.89. The third-order valence-electron chi connectivity index (χ3n) is 4.42. The largest absolute Gasteiger partial charge is 0.493 e. The van der Waals surface area contributed by atoms with E-state index in [9.17, 15) is 14.9 Å². The van der Waals surface area contributed by atoms with Gasteiger partial charge in [-0.05, 0) is 12.1 Å². The highest BCUT2D eigenvalue weighted by Gasteiger charge is 2.25. The van der Waals surface area contributed by atoms with Crippen LogP contribution in [0.3, 0.4) is 0 Å². The SMILES string of the molecule is COCCOc1cc([N+](=O)[O-])c(C(=O)Nc2cccc(OCCn3cncn3)c2)cc1OC. The topological polar surface area (TPSA) is 140 Å². The van der Waals surface area contributed by atoms with E-state index in [1.807, 2.05) is 0 Å². The van der Waals surface area contributed by atoms with Gasteiger partial charge in [-0.25, -0.2) is 9.67 Å². The zero-order chi connectivity index (χ0) is 23.6. The molecular formula is C21H23N5O7. The number of nitrogens with one attached hydrogen (secondary N) is 1. The number of hydrogen-bond donors (Lipinski definition) is 1. The number of benzene rings is 2. The van der Waals surface area contributed by atoms with Crippen LogP contribution in [0.4, 0.5) is 11.4 Å². The maximum Gasteiger partial charge on any atom is 0.286 e. The van der Waals surface area contributed by atoms with Crippen molar-refractivity contribution in [3.63, 3.8) is 0 Å². The van der Waals surface area contributed by atoms with Gasteiger partial charge in [0.05, 0.1) is 31.3 Å². The third-order valence-corrected chi connectivity index (χ3v) is 4.42. The minimum atomic E-state index is -0.678. The molecule has 0 aliphatic heterocycles. The lowest BCUT2D eigenvalue weighted by Crippen LogP contribution is -2.15. The molecule has 0 atom stereocenters. The van der Waals surface area contributed by atoms with Crippen molar-refractivity contribution in [1.82, 2.24) is 14.8 Å². The van der Waals surface area contributed by atoms with Gasteiger partial charge in [-0.15, -0.1) is 0 Å². The molecule has 1 N–H and O–H groups in total. The van der Waals surface area contributed by atoms with Crippen molar-refractivity contribution in [2.45, 2.75) is 6.54 Å². The van der Waals surface area contributed by atoms with Crippen molar-refractivity contribution >= 4 is 17.3 Å². The summed E-state index contributed by atoms with van der Waals surface area (Å²) in [6.07, 6.45) is 3.01. The molecule has 174 valence electrons. The van der Waals surface area contributed by atoms with Crippen LogP contribution in [0.25, 0.3) is 0 Å². The fourth-order valence-corrected chi connectivity index (χ4v) is 2.86. The molecule has 0 spiro atoms. The summed E-state index contributed by atoms with van der Waals surface area (Å²) in [6.45, 7) is 1.30. The molecular weight excluding hydrogens is 434 g/mol. The number of aromatic nitrogens is 3. The number of carbonyl (C=O) groups is 1. The van der Waals surface area contributed by atoms with Gasteiger partial charge < -0.3 is 24.3 Å². The highest BCUT2D eigenvalue weighted by molar-refractivity contribution is 6.07. The van der Waals surface area contributed by atoms with E-state index in [0.29, 0.717) is 24.6 Å². The van der Waals surface area contributed by atoms with E-state index in [4.69, 9.17) is 18.9 Å². The van der Waals surface area contributed by atoms with Crippen LogP contribution in [0.15, 0.2) is 49.1 Å². The lowest BCUT2D eigenvalue weighted by molar-refractivity contribution is -0.385. The Balaban J connectivity index is 1.74. The van der Waals surface area contributed by atoms with Crippen LogP contribution >= 0.6 is 0 Å². The summed E-state index contributed by atoms with van der Waals surface area (Å²) in [4.78, 5) is 27.7. The first-order chi connectivity index (χ1) is 16.0. The van der Waals surface area contributed by atoms with E-state index in [2.05, 4.69) is 15.4 Å². The normalized spacial score (nSPS) is 10.5. The number of ether oxygens (including phenoxy) is 4. The maximum atomic E-state index is 12.9. The molecule has 0 saturated heterocycles. The van der Waals surface area contributed by atoms with Crippen LogP contribution < -0.4 is 19.5 Å². The minimum Gasteiger partial charge on any atom is -0.493 e. The highest BCUT2D eigenvalue weighted by atomic mass is 16.6. The second-order valence-electron chi connectivity index (χ2n) is 6.61. The van der Waals surface area contributed by atoms with Crippen LogP contribution in [-0.2, 0) is 11.3 Å². The summed E-state index contributed by atoms with van der Waals surface area (Å²) < 4.78 is 22.9. The average molecular weight is 457 g/mol. The number of methoxy groups -OCH3 is 2. The van der Waals surface area contributed by atoms with Crippen molar-refractivity contribution in [2.75, 3.05) is 39.4 Å². The van der Waals surface area contributed by atoms with Crippen molar-refractivity contribution < 1.29 is 28.7 Å². The molecule has 3 rings (SSSR count). The van der Waals surface area contributed by atoms with E-state index in [0.717, 1.165) is 6.07 Å². The lowest BCUT2D eigenvalue weighted by atomic mass is 10.1. The smallest absolute Gasteiger partial charge is 0.286 e. The Bertz CT molecular complexity index is 1090. The van der Waals surface area contributed by atoms with Gasteiger partial charge in [-0.2, -0.15) is 5.10 Å². The number of nitro groups is 1. The number of nitrogens with zero attached hydrogens (tertiary/aromatic N) is 4. The van der Waals surface area contributed by atoms with Crippen LogP contribution in [0.5, 0.6) is 17.2 Å². The van der Waals surface area contributed by atoms with E-state index in [1.165, 1.54) is 26.6 Å². The maximum absolute atomic E-state index is 12.9. The summed E-state index contributed by atoms with van der Waals surface area (Å²) in [5, 5.41) is 18.2. The molecule has 2 aromatic carbocycles. The molecule has 33 heavy (non-hydrogen) atoms. The Kier molecular flexibility index (Phi) is 8.13. The average Bonchev–Trinajstić information content (AvgIpc) is 3.32. The van der Waals surface area contributed by atoms with E-state index >= 15 is 0 Å². The number of carbonyl (C=O) groups excluding carboxylic acids is 1. The summed E-state index contributed by atoms with van der Waals surface area (Å²) in [5.41, 5.74) is -0.179. The first-order valence-corrected chi connectivity index (χ1v) is 9.86. The zero-order valence-corrected chi connectivity index (χ0v) is 18.1. The first kappa shape index (κ1) is 23.5. The molecule has 0 unspecified atom stereocenters. The van der Waals surface area contributed by atoms with Crippen molar-refractivity contribution in [1.29, 1.82) is 0 Å². The summed E-state index contributed by atoms with van der Waals surface area (Å²) in [5.74, 6) is 0.165. The van der Waals surface area contributed by atoms with Gasteiger partial charge in [0.1, 0.15) is 37.2 Å². The second kappa shape index (κ2) is 11.4. The quantitative estimate of drug-likeness (QED) is 0.247. The highest BCUT2D eigenvalue weighted by Crippen LogP contribution is 2.35. The Labute approximate surface area is 189 Å². The molecule has 0 fully saturated rings. The standard InChI is InChI=1S/C21H23N5O7/c1-30-8-9-33-20-12-18(26(28)29)17(11-19(20)31-2)21(27)24-15-4-3-5-16(10-15)32-7-6-25-14-22-13-23-25/h3-5,10-14H,6-9H2,1-2H3,(H,24,27). The molecule has 0 radical (unpaired) electrons. The summed E-state index contributed by atoms with van der Waals surface area (Å²) in [6, 6.07) is 9.12. The third kappa shape index (κ3) is 6.40. The predicted octanol–water partition coefficient (Wildman–Crippen LogP) is 2.55. The molecule has 0 bridgehead atoms. The molecule has 0 aliphatic carbocycles. The molecule has 12 heteroatoms. The zero-order valence-electron chi connectivity index (χ0n) is 18.1. The van der Waals surface area contributed by atoms with Gasteiger partial charge >= 0.3 is 0 Å². The molecule has 1 aromatic heterocycles. The van der Waals surface area contributed by atoms with Gasteiger partial charge in [-0.3, -0.25) is 14.9 Å². The van der Waals surface area contributed by atoms with E-state index in [-0.39, 0.29) is 30.3 Å². The number of hydrogen-bond acceptors (Lipinski definition) is 9. The molecule has 1 heterocycles. The van der Waals surface area contributed by atoms with E-state index in [1.54, 1.807) is 35.3 Å². The van der Waals surface area contributed by atoms with Gasteiger partial charge in [0.15, 0.2) is 11.5 Å². The fourth-order valence-electron chi connectivity index (χ4n) is 2.86. The molecule has 3 aromatic rings. The van der Waals surface area contributed by atoms with Crippen LogP contribution in [0.1, 0.15) is 10.4 Å². The van der Waals surface area contributed by atoms with Crippen molar-refractivity contribution in [3.05, 3.63) is 64.7 Å². The first-order valence-electron chi connectivity index (χ1n) is 9.86. The fraction of sp³-hybridized carbons (Fsp3) is 0.286. The Morgan fingerprint density at radius 2 is 1.97 bits per heavy atom. The minimum absolute atomic E-state index is 0.139. The predicted molar refractivity (Wildman–Crippen MR) is 117 cm³/mol. The second-order valence-corrected chi connectivity index (χ2v) is 6.61. The molecule has 12 nitrogen and oxygen atoms in total. The monoisotopic (exact) mass is 457 g/mol. The lowest BCUT2D eigenvalue weighted by Gasteiger charge is -2.13. The molecule has 0 aliphatic rings. The van der Waals surface area contributed by atoms with Gasteiger partial charge in [0, 0.05) is 24.9 Å². The Morgan fingerprint density at radius 1 is 1.12 bits per heavy atom. The van der Waals surface area contributed by atoms with Crippen LogP contribution in [0, 0.1) is 10.1 Å². The van der Waals surface area contributed by atoms with Crippen molar-refractivity contribution in [3.8, 4) is 17.2 Å². The Morgan fingerprint density at radius 3 is 2.67 bits per heavy atom. The molecule has 1 amide bonds. The van der Waals surface area contributed by atoms with Crippen molar-refractivity contribution in [2.24, 2.45) is 0 Å². The molecule has 0 saturated carbocycles. The summed E-state index contributed by atoms with van der Waals surface area (Å²) >= 11 is 0. The van der Waals surface area contributed by atoms with Crippen LogP contribution in [-0.4, -0.2) is 59.6 Å². The Hall–Kier alpha value is -4.19. The van der Waals surface area contributed by atoms with Gasteiger partial charge in [0.25, 0.3) is 11.6 Å². The number of nitro benzene ring substituents is 1. The van der Waals surface area contributed by atoms with E-state index < -0.39 is 16.5 Å².